The van der Waals surface area contributed by atoms with Crippen LogP contribution in [0.3, 0.4) is 0 Å². The molecule has 39 heavy (non-hydrogen) atoms. The second-order valence-electron chi connectivity index (χ2n) is 10.9. The van der Waals surface area contributed by atoms with Gasteiger partial charge in [-0.3, -0.25) is 4.79 Å². The van der Waals surface area contributed by atoms with E-state index in [2.05, 4.69) is 46.9 Å². The molecule has 0 aliphatic heterocycles. The molecule has 9 nitrogen and oxygen atoms in total. The van der Waals surface area contributed by atoms with E-state index in [0.717, 1.165) is 22.6 Å². The van der Waals surface area contributed by atoms with Crippen molar-refractivity contribution >= 4 is 5.91 Å². The van der Waals surface area contributed by atoms with E-state index in [4.69, 9.17) is 14.2 Å². The fraction of sp³-hybridized carbons (Fsp3) is 0.367. The third-order valence-electron chi connectivity index (χ3n) is 6.12. The molecule has 0 radical (unpaired) electrons. The topological polar surface area (TPSA) is 119 Å². The van der Waals surface area contributed by atoms with Crippen LogP contribution in [0, 0.1) is 18.3 Å². The number of aryl methyl sites for hydroxylation is 2. The Morgan fingerprint density at radius 2 is 1.87 bits per heavy atom. The molecular weight excluding hydrogens is 492 g/mol. The van der Waals surface area contributed by atoms with Gasteiger partial charge in [-0.1, -0.05) is 50.2 Å². The molecule has 0 bridgehead atoms. The molecule has 0 aliphatic carbocycles. The van der Waals surface area contributed by atoms with Gasteiger partial charge < -0.3 is 19.1 Å². The van der Waals surface area contributed by atoms with Crippen LogP contribution in [0.2, 0.25) is 0 Å². The maximum absolute atomic E-state index is 13.2. The smallest absolute Gasteiger partial charge is 0.251 e. The van der Waals surface area contributed by atoms with E-state index in [-0.39, 0.29) is 17.4 Å². The first-order valence-corrected chi connectivity index (χ1v) is 12.9. The number of nitrogens with zero attached hydrogens (tertiary/aromatic N) is 5. The lowest BCUT2D eigenvalue weighted by Gasteiger charge is -2.17. The predicted molar refractivity (Wildman–Crippen MR) is 147 cm³/mol. The van der Waals surface area contributed by atoms with Crippen LogP contribution >= 0.6 is 0 Å². The van der Waals surface area contributed by atoms with Crippen molar-refractivity contribution in [2.45, 2.75) is 65.5 Å². The summed E-state index contributed by atoms with van der Waals surface area (Å²) in [6, 6.07) is 14.4. The highest BCUT2D eigenvalue weighted by Gasteiger charge is 2.23. The van der Waals surface area contributed by atoms with Crippen molar-refractivity contribution in [2.24, 2.45) is 7.05 Å². The minimum atomic E-state index is -0.541. The SMILES string of the molecule is Cc1nc(C(Cc2ccc(-c3cn(C)c(C(C)(C)C)n3)cc2)NC(=O)c2ccc(OC(C)C)c(C#N)c2)no1. The number of carbonyl (C=O) groups excluding carboxylic acids is 1. The van der Waals surface area contributed by atoms with Crippen molar-refractivity contribution in [3.63, 3.8) is 0 Å². The van der Waals surface area contributed by atoms with Gasteiger partial charge in [-0.05, 0) is 37.6 Å². The van der Waals surface area contributed by atoms with Crippen LogP contribution in [0.4, 0.5) is 0 Å². The fourth-order valence-corrected chi connectivity index (χ4v) is 4.37. The molecule has 4 rings (SSSR count). The van der Waals surface area contributed by atoms with Crippen LogP contribution in [0.5, 0.6) is 5.75 Å². The molecule has 0 fully saturated rings. The van der Waals surface area contributed by atoms with E-state index in [9.17, 15) is 10.1 Å². The molecule has 1 N–H and O–H groups in total. The van der Waals surface area contributed by atoms with E-state index in [1.165, 1.54) is 6.07 Å². The van der Waals surface area contributed by atoms with Gasteiger partial charge in [0.05, 0.1) is 23.4 Å². The predicted octanol–water partition coefficient (Wildman–Crippen LogP) is 5.45. The van der Waals surface area contributed by atoms with Crippen LogP contribution in [0.25, 0.3) is 11.3 Å². The molecule has 0 spiro atoms. The highest BCUT2D eigenvalue weighted by atomic mass is 16.5. The van der Waals surface area contributed by atoms with Crippen LogP contribution in [0.1, 0.15) is 79.7 Å². The molecular formula is C30H34N6O3. The van der Waals surface area contributed by atoms with Crippen LogP contribution < -0.4 is 10.1 Å². The third-order valence-corrected chi connectivity index (χ3v) is 6.12. The first-order chi connectivity index (χ1) is 18.4. The number of aromatic nitrogens is 4. The lowest BCUT2D eigenvalue weighted by atomic mass is 9.96. The van der Waals surface area contributed by atoms with Gasteiger partial charge in [0, 0.05) is 43.1 Å². The number of nitriles is 1. The molecule has 1 amide bonds. The molecule has 2 heterocycles. The molecule has 1 unspecified atom stereocenters. The zero-order valence-corrected chi connectivity index (χ0v) is 23.4. The lowest BCUT2D eigenvalue weighted by Crippen LogP contribution is -2.31. The zero-order valence-electron chi connectivity index (χ0n) is 23.4. The third kappa shape index (κ3) is 6.52. The number of imidazole rings is 1. The largest absolute Gasteiger partial charge is 0.490 e. The molecule has 202 valence electrons. The van der Waals surface area contributed by atoms with E-state index >= 15 is 0 Å². The van der Waals surface area contributed by atoms with Gasteiger partial charge in [0.2, 0.25) is 5.89 Å². The molecule has 2 aromatic carbocycles. The lowest BCUT2D eigenvalue weighted by molar-refractivity contribution is 0.0934. The number of ether oxygens (including phenoxy) is 1. The molecule has 4 aromatic rings. The molecule has 1 atom stereocenters. The summed E-state index contributed by atoms with van der Waals surface area (Å²) in [7, 11) is 2.01. The Morgan fingerprint density at radius 3 is 2.44 bits per heavy atom. The summed E-state index contributed by atoms with van der Waals surface area (Å²) in [5.41, 5.74) is 3.48. The molecule has 0 saturated carbocycles. The van der Waals surface area contributed by atoms with E-state index in [0.29, 0.717) is 35.0 Å². The Kier molecular flexibility index (Phi) is 7.86. The van der Waals surface area contributed by atoms with Gasteiger partial charge in [-0.2, -0.15) is 10.2 Å². The Balaban J connectivity index is 1.55. The molecule has 2 aromatic heterocycles. The maximum atomic E-state index is 13.2. The normalized spacial score (nSPS) is 12.3. The first kappa shape index (κ1) is 27.6. The monoisotopic (exact) mass is 526 g/mol. The number of amides is 1. The van der Waals surface area contributed by atoms with Crippen molar-refractivity contribution in [1.82, 2.24) is 25.0 Å². The van der Waals surface area contributed by atoms with E-state index in [1.807, 2.05) is 51.4 Å². The van der Waals surface area contributed by atoms with Crippen molar-refractivity contribution in [2.75, 3.05) is 0 Å². The Morgan fingerprint density at radius 1 is 1.15 bits per heavy atom. The van der Waals surface area contributed by atoms with Crippen molar-refractivity contribution < 1.29 is 14.1 Å². The van der Waals surface area contributed by atoms with Crippen LogP contribution in [-0.4, -0.2) is 31.7 Å². The zero-order chi connectivity index (χ0) is 28.3. The summed E-state index contributed by atoms with van der Waals surface area (Å²) in [6.45, 7) is 11.9. The number of rotatable bonds is 8. The number of carbonyl (C=O) groups is 1. The summed E-state index contributed by atoms with van der Waals surface area (Å²) in [4.78, 5) is 22.4. The Hall–Kier alpha value is -4.45. The number of benzene rings is 2. The van der Waals surface area contributed by atoms with Crippen molar-refractivity contribution in [3.8, 4) is 23.1 Å². The molecule has 9 heteroatoms. The highest BCUT2D eigenvalue weighted by Crippen LogP contribution is 2.27. The quantitative estimate of drug-likeness (QED) is 0.324. The van der Waals surface area contributed by atoms with E-state index < -0.39 is 6.04 Å². The number of nitrogens with one attached hydrogen (secondary N) is 1. The van der Waals surface area contributed by atoms with Crippen molar-refractivity contribution in [3.05, 3.63) is 82.9 Å². The Bertz CT molecular complexity index is 1500. The maximum Gasteiger partial charge on any atom is 0.251 e. The summed E-state index contributed by atoms with van der Waals surface area (Å²) in [5, 5.41) is 16.6. The standard InChI is InChI=1S/C30H34N6O3/c1-18(2)38-26-13-12-22(15-23(26)16-31)28(37)33-24(27-32-19(3)39-35-27)14-20-8-10-21(11-9-20)25-17-36(7)29(34-25)30(4,5)6/h8-13,15,17-18,24H,14H2,1-7H3,(H,33,37). The number of hydrogen-bond donors (Lipinski definition) is 1. The second-order valence-corrected chi connectivity index (χ2v) is 10.9. The second kappa shape index (κ2) is 11.1. The summed E-state index contributed by atoms with van der Waals surface area (Å²) >= 11 is 0. The van der Waals surface area contributed by atoms with Gasteiger partial charge in [0.15, 0.2) is 5.82 Å². The average Bonchev–Trinajstić information content (AvgIpc) is 3.49. The highest BCUT2D eigenvalue weighted by molar-refractivity contribution is 5.95. The molecule has 0 saturated heterocycles. The van der Waals surface area contributed by atoms with Gasteiger partial charge in [-0.15, -0.1) is 0 Å². The van der Waals surface area contributed by atoms with Crippen LogP contribution in [0.15, 0.2) is 53.2 Å². The van der Waals surface area contributed by atoms with E-state index in [1.54, 1.807) is 19.1 Å². The Labute approximate surface area is 228 Å². The summed E-state index contributed by atoms with van der Waals surface area (Å²) in [5.74, 6) is 1.89. The minimum Gasteiger partial charge on any atom is -0.490 e. The molecule has 0 aliphatic rings. The minimum absolute atomic E-state index is 0.0587. The van der Waals surface area contributed by atoms with Crippen LogP contribution in [-0.2, 0) is 18.9 Å². The van der Waals surface area contributed by atoms with Gasteiger partial charge in [0.1, 0.15) is 17.6 Å². The van der Waals surface area contributed by atoms with Gasteiger partial charge >= 0.3 is 0 Å². The van der Waals surface area contributed by atoms with Gasteiger partial charge in [0.25, 0.3) is 5.91 Å². The van der Waals surface area contributed by atoms with Gasteiger partial charge in [-0.25, -0.2) is 4.98 Å². The number of hydrogen-bond acceptors (Lipinski definition) is 7. The van der Waals surface area contributed by atoms with Crippen molar-refractivity contribution in [1.29, 1.82) is 5.26 Å². The average molecular weight is 527 g/mol. The summed E-state index contributed by atoms with van der Waals surface area (Å²) in [6.07, 6.45) is 2.39. The first-order valence-electron chi connectivity index (χ1n) is 12.9. The summed E-state index contributed by atoms with van der Waals surface area (Å²) < 4.78 is 12.9. The fourth-order valence-electron chi connectivity index (χ4n) is 4.37.